The van der Waals surface area contributed by atoms with Crippen molar-refractivity contribution < 1.29 is 4.79 Å². The summed E-state index contributed by atoms with van der Waals surface area (Å²) in [5, 5.41) is 11.7. The molecular formula is C20H20ClN5O. The third-order valence-electron chi connectivity index (χ3n) is 4.13. The predicted octanol–water partition coefficient (Wildman–Crippen LogP) is 3.13. The number of halogens is 1. The zero-order valence-electron chi connectivity index (χ0n) is 15.0. The standard InChI is InChI=1S/C20H20ClN5O/c1-26(13-10-15-8-11-22-12-9-15)19-7-6-18(24-25-19)20(27)23-14-16-2-4-17(21)5-3-16/h2-9,11-12H,10,13-14H2,1H3,(H,23,27). The summed E-state index contributed by atoms with van der Waals surface area (Å²) < 4.78 is 0. The minimum absolute atomic E-state index is 0.261. The Morgan fingerprint density at radius 2 is 1.74 bits per heavy atom. The van der Waals surface area contributed by atoms with Gasteiger partial charge in [0, 0.05) is 37.6 Å². The molecule has 0 saturated carbocycles. The van der Waals surface area contributed by atoms with Crippen LogP contribution in [0.1, 0.15) is 21.6 Å². The van der Waals surface area contributed by atoms with Crippen LogP contribution in [0.5, 0.6) is 0 Å². The monoisotopic (exact) mass is 381 g/mol. The Morgan fingerprint density at radius 1 is 1.00 bits per heavy atom. The Kier molecular flexibility index (Phi) is 6.33. The number of carbonyl (C=O) groups is 1. The molecule has 0 atom stereocenters. The summed E-state index contributed by atoms with van der Waals surface area (Å²) >= 11 is 5.86. The molecule has 3 rings (SSSR count). The zero-order valence-corrected chi connectivity index (χ0v) is 15.7. The van der Waals surface area contributed by atoms with E-state index in [0.29, 0.717) is 11.6 Å². The van der Waals surface area contributed by atoms with Gasteiger partial charge in [-0.2, -0.15) is 0 Å². The lowest BCUT2D eigenvalue weighted by atomic mass is 10.2. The summed E-state index contributed by atoms with van der Waals surface area (Å²) in [6, 6.07) is 14.8. The second-order valence-electron chi connectivity index (χ2n) is 6.11. The summed E-state index contributed by atoms with van der Waals surface area (Å²) in [6.45, 7) is 1.20. The van der Waals surface area contributed by atoms with Crippen LogP contribution in [0.2, 0.25) is 5.02 Å². The van der Waals surface area contributed by atoms with Crippen LogP contribution in [0.4, 0.5) is 5.82 Å². The van der Waals surface area contributed by atoms with Crippen LogP contribution in [-0.4, -0.2) is 34.7 Å². The Bertz CT molecular complexity index is 869. The second-order valence-corrected chi connectivity index (χ2v) is 6.55. The molecule has 27 heavy (non-hydrogen) atoms. The van der Waals surface area contributed by atoms with Crippen molar-refractivity contribution in [3.8, 4) is 0 Å². The van der Waals surface area contributed by atoms with Gasteiger partial charge < -0.3 is 10.2 Å². The Morgan fingerprint density at radius 3 is 2.41 bits per heavy atom. The van der Waals surface area contributed by atoms with Crippen molar-refractivity contribution in [2.75, 3.05) is 18.5 Å². The SMILES string of the molecule is CN(CCc1ccncc1)c1ccc(C(=O)NCc2ccc(Cl)cc2)nn1. The molecule has 138 valence electrons. The Hall–Kier alpha value is -2.99. The van der Waals surface area contributed by atoms with Gasteiger partial charge in [-0.15, -0.1) is 10.2 Å². The van der Waals surface area contributed by atoms with Gasteiger partial charge in [0.15, 0.2) is 11.5 Å². The smallest absolute Gasteiger partial charge is 0.272 e. The highest BCUT2D eigenvalue weighted by Gasteiger charge is 2.10. The predicted molar refractivity (Wildman–Crippen MR) is 106 cm³/mol. The van der Waals surface area contributed by atoms with Gasteiger partial charge in [-0.1, -0.05) is 23.7 Å². The average Bonchev–Trinajstić information content (AvgIpc) is 2.72. The molecule has 2 heterocycles. The molecule has 0 radical (unpaired) electrons. The number of benzene rings is 1. The first-order chi connectivity index (χ1) is 13.1. The molecule has 0 spiro atoms. The van der Waals surface area contributed by atoms with Crippen molar-refractivity contribution in [1.82, 2.24) is 20.5 Å². The van der Waals surface area contributed by atoms with Gasteiger partial charge in [-0.25, -0.2) is 0 Å². The molecule has 0 fully saturated rings. The molecule has 1 aromatic carbocycles. The number of aromatic nitrogens is 3. The maximum atomic E-state index is 12.2. The highest BCUT2D eigenvalue weighted by Crippen LogP contribution is 2.11. The number of carbonyl (C=O) groups excluding carboxylic acids is 1. The number of amides is 1. The highest BCUT2D eigenvalue weighted by atomic mass is 35.5. The third kappa shape index (κ3) is 5.49. The fraction of sp³-hybridized carbons (Fsp3) is 0.200. The lowest BCUT2D eigenvalue weighted by molar-refractivity contribution is 0.0945. The molecule has 1 N–H and O–H groups in total. The number of anilines is 1. The molecule has 7 heteroatoms. The van der Waals surface area contributed by atoms with Gasteiger partial charge in [-0.3, -0.25) is 9.78 Å². The number of rotatable bonds is 7. The van der Waals surface area contributed by atoms with E-state index in [0.717, 1.165) is 24.3 Å². The zero-order chi connectivity index (χ0) is 19.1. The highest BCUT2D eigenvalue weighted by molar-refractivity contribution is 6.30. The number of pyridine rings is 1. The van der Waals surface area contributed by atoms with Gasteiger partial charge in [0.1, 0.15) is 0 Å². The summed E-state index contributed by atoms with van der Waals surface area (Å²) in [5.74, 6) is 0.460. The van der Waals surface area contributed by atoms with E-state index in [4.69, 9.17) is 11.6 Å². The largest absolute Gasteiger partial charge is 0.358 e. The normalized spacial score (nSPS) is 10.4. The van der Waals surface area contributed by atoms with E-state index >= 15 is 0 Å². The molecule has 0 aliphatic carbocycles. The van der Waals surface area contributed by atoms with Gasteiger partial charge in [0.2, 0.25) is 0 Å². The van der Waals surface area contributed by atoms with E-state index in [1.54, 1.807) is 36.7 Å². The van der Waals surface area contributed by atoms with E-state index < -0.39 is 0 Å². The van der Waals surface area contributed by atoms with Crippen molar-refractivity contribution in [2.45, 2.75) is 13.0 Å². The molecule has 0 unspecified atom stereocenters. The first kappa shape index (κ1) is 18.8. The number of nitrogens with zero attached hydrogens (tertiary/aromatic N) is 4. The first-order valence-electron chi connectivity index (χ1n) is 8.58. The molecular weight excluding hydrogens is 362 g/mol. The third-order valence-corrected chi connectivity index (χ3v) is 4.38. The molecule has 0 bridgehead atoms. The fourth-order valence-corrected chi connectivity index (χ4v) is 2.61. The van der Waals surface area contributed by atoms with Crippen molar-refractivity contribution >= 4 is 23.3 Å². The first-order valence-corrected chi connectivity index (χ1v) is 8.96. The van der Waals surface area contributed by atoms with Crippen molar-refractivity contribution in [2.24, 2.45) is 0 Å². The molecule has 3 aromatic rings. The van der Waals surface area contributed by atoms with Crippen LogP contribution >= 0.6 is 11.6 Å². The van der Waals surface area contributed by atoms with Crippen LogP contribution < -0.4 is 10.2 Å². The Labute approximate surface area is 163 Å². The van der Waals surface area contributed by atoms with Crippen LogP contribution in [0.3, 0.4) is 0 Å². The summed E-state index contributed by atoms with van der Waals surface area (Å²) in [6.07, 6.45) is 4.45. The van der Waals surface area contributed by atoms with Crippen LogP contribution in [0, 0.1) is 0 Å². The van der Waals surface area contributed by atoms with Crippen LogP contribution in [0.15, 0.2) is 60.9 Å². The van der Waals surface area contributed by atoms with Gasteiger partial charge in [0.05, 0.1) is 0 Å². The summed E-state index contributed by atoms with van der Waals surface area (Å²) in [5.41, 5.74) is 2.46. The number of nitrogens with one attached hydrogen (secondary N) is 1. The lowest BCUT2D eigenvalue weighted by Crippen LogP contribution is -2.25. The van der Waals surface area contributed by atoms with Crippen LogP contribution in [0.25, 0.3) is 0 Å². The van der Waals surface area contributed by atoms with Gasteiger partial charge in [0.25, 0.3) is 5.91 Å². The maximum absolute atomic E-state index is 12.2. The Balaban J connectivity index is 1.52. The van der Waals surface area contributed by atoms with E-state index in [2.05, 4.69) is 20.5 Å². The molecule has 0 saturated heterocycles. The number of likely N-dealkylation sites (N-methyl/N-ethyl adjacent to an activating group) is 1. The van der Waals surface area contributed by atoms with Gasteiger partial charge in [-0.05, 0) is 53.9 Å². The quantitative estimate of drug-likeness (QED) is 0.680. The summed E-state index contributed by atoms with van der Waals surface area (Å²) in [7, 11) is 1.95. The van der Waals surface area contributed by atoms with Crippen molar-refractivity contribution in [1.29, 1.82) is 0 Å². The topological polar surface area (TPSA) is 71.0 Å². The molecule has 0 aliphatic rings. The van der Waals surface area contributed by atoms with E-state index in [-0.39, 0.29) is 11.6 Å². The minimum atomic E-state index is -0.261. The molecule has 1 amide bonds. The van der Waals surface area contributed by atoms with Gasteiger partial charge >= 0.3 is 0 Å². The lowest BCUT2D eigenvalue weighted by Gasteiger charge is -2.17. The molecule has 6 nitrogen and oxygen atoms in total. The van der Waals surface area contributed by atoms with Crippen molar-refractivity contribution in [3.63, 3.8) is 0 Å². The molecule has 2 aromatic heterocycles. The second kappa shape index (κ2) is 9.09. The minimum Gasteiger partial charge on any atom is -0.358 e. The van der Waals surface area contributed by atoms with E-state index in [1.165, 1.54) is 5.56 Å². The maximum Gasteiger partial charge on any atom is 0.272 e. The van der Waals surface area contributed by atoms with Crippen molar-refractivity contribution in [3.05, 3.63) is 82.8 Å². The average molecular weight is 382 g/mol. The van der Waals surface area contributed by atoms with E-state index in [9.17, 15) is 4.79 Å². The molecule has 0 aliphatic heterocycles. The summed E-state index contributed by atoms with van der Waals surface area (Å²) in [4.78, 5) is 18.2. The number of hydrogen-bond acceptors (Lipinski definition) is 5. The van der Waals surface area contributed by atoms with Crippen LogP contribution in [-0.2, 0) is 13.0 Å². The number of hydrogen-bond donors (Lipinski definition) is 1. The van der Waals surface area contributed by atoms with E-state index in [1.807, 2.05) is 36.2 Å². The fourth-order valence-electron chi connectivity index (χ4n) is 2.49.